The predicted octanol–water partition coefficient (Wildman–Crippen LogP) is 5.98. The van der Waals surface area contributed by atoms with E-state index in [1.807, 2.05) is 6.92 Å². The number of halogens is 2. The summed E-state index contributed by atoms with van der Waals surface area (Å²) in [7, 11) is -2.80. The lowest BCUT2D eigenvalue weighted by atomic mass is 10.1. The SMILES string of the molecule is COc1ccc(C)cc1N(CC(=O)N(Cc1c(Cl)cccc1Cl)C(C)C(=O)NC1CCCC1)S(=O)(=O)c1ccccc1. The average Bonchev–Trinajstić information content (AvgIpc) is 3.48. The molecule has 0 saturated heterocycles. The van der Waals surface area contributed by atoms with Gasteiger partial charge in [-0.3, -0.25) is 13.9 Å². The Bertz CT molecular complexity index is 1510. The Morgan fingerprint density at radius 1 is 1.00 bits per heavy atom. The maximum absolute atomic E-state index is 14.2. The van der Waals surface area contributed by atoms with E-state index >= 15 is 0 Å². The van der Waals surface area contributed by atoms with Crippen molar-refractivity contribution in [1.82, 2.24) is 10.2 Å². The van der Waals surface area contributed by atoms with Crippen molar-refractivity contribution in [3.05, 3.63) is 87.9 Å². The molecule has 1 N–H and O–H groups in total. The fourth-order valence-electron chi connectivity index (χ4n) is 5.06. The third-order valence-electron chi connectivity index (χ3n) is 7.47. The summed E-state index contributed by atoms with van der Waals surface area (Å²) in [5.74, 6) is -0.659. The Balaban J connectivity index is 1.76. The molecule has 1 saturated carbocycles. The zero-order valence-corrected chi connectivity index (χ0v) is 26.2. The van der Waals surface area contributed by atoms with Crippen LogP contribution in [0.3, 0.4) is 0 Å². The molecule has 42 heavy (non-hydrogen) atoms. The van der Waals surface area contributed by atoms with Gasteiger partial charge in [0.05, 0.1) is 17.7 Å². The highest BCUT2D eigenvalue weighted by molar-refractivity contribution is 7.92. The molecule has 0 radical (unpaired) electrons. The Kier molecular flexibility index (Phi) is 10.4. The molecule has 1 aliphatic rings. The standard InChI is InChI=1S/C31H35Cl2N3O5S/c1-21-16-17-29(41-3)28(18-21)36(42(39,40)24-12-5-4-6-13-24)20-30(37)35(19-25-26(32)14-9-15-27(25)33)22(2)31(38)34-23-10-7-8-11-23/h4-6,9,12-18,22-23H,7-8,10-11,19-20H2,1-3H3,(H,34,38). The molecular weight excluding hydrogens is 597 g/mol. The molecule has 1 unspecified atom stereocenters. The highest BCUT2D eigenvalue weighted by Crippen LogP contribution is 2.34. The van der Waals surface area contributed by atoms with E-state index in [-0.39, 0.29) is 34.8 Å². The molecule has 0 spiro atoms. The van der Waals surface area contributed by atoms with Crippen molar-refractivity contribution in [2.75, 3.05) is 18.0 Å². The molecule has 0 aromatic heterocycles. The van der Waals surface area contributed by atoms with Crippen LogP contribution in [-0.2, 0) is 26.2 Å². The second-order valence-corrected chi connectivity index (χ2v) is 13.1. The normalized spacial score (nSPS) is 14.3. The Hall–Kier alpha value is -3.27. The van der Waals surface area contributed by atoms with Crippen molar-refractivity contribution in [2.45, 2.75) is 63.1 Å². The minimum atomic E-state index is -4.23. The van der Waals surface area contributed by atoms with Crippen molar-refractivity contribution >= 4 is 50.7 Å². The van der Waals surface area contributed by atoms with E-state index in [0.29, 0.717) is 15.6 Å². The van der Waals surface area contributed by atoms with Crippen LogP contribution in [0.15, 0.2) is 71.6 Å². The Morgan fingerprint density at radius 2 is 1.64 bits per heavy atom. The lowest BCUT2D eigenvalue weighted by Gasteiger charge is -2.33. The molecule has 0 heterocycles. The number of aryl methyl sites for hydroxylation is 1. The van der Waals surface area contributed by atoms with E-state index in [2.05, 4.69) is 5.32 Å². The molecule has 224 valence electrons. The summed E-state index contributed by atoms with van der Waals surface area (Å²) >= 11 is 12.9. The van der Waals surface area contributed by atoms with Gasteiger partial charge in [0.15, 0.2) is 0 Å². The number of benzene rings is 3. The summed E-state index contributed by atoms with van der Waals surface area (Å²) in [6.07, 6.45) is 3.81. The average molecular weight is 633 g/mol. The molecule has 0 bridgehead atoms. The summed E-state index contributed by atoms with van der Waals surface area (Å²) in [4.78, 5) is 28.9. The van der Waals surface area contributed by atoms with Crippen molar-refractivity contribution in [2.24, 2.45) is 0 Å². The number of hydrogen-bond donors (Lipinski definition) is 1. The van der Waals surface area contributed by atoms with Crippen LogP contribution in [0.25, 0.3) is 0 Å². The zero-order chi connectivity index (χ0) is 30.4. The summed E-state index contributed by atoms with van der Waals surface area (Å²) in [5, 5.41) is 3.71. The number of amides is 2. The second kappa shape index (κ2) is 13.8. The fourth-order valence-corrected chi connectivity index (χ4v) is 7.01. The maximum Gasteiger partial charge on any atom is 0.264 e. The van der Waals surface area contributed by atoms with Crippen LogP contribution in [-0.4, -0.2) is 50.9 Å². The van der Waals surface area contributed by atoms with Crippen molar-refractivity contribution in [3.8, 4) is 5.75 Å². The van der Waals surface area contributed by atoms with E-state index in [9.17, 15) is 18.0 Å². The molecule has 2 amide bonds. The number of nitrogens with zero attached hydrogens (tertiary/aromatic N) is 2. The summed E-state index contributed by atoms with van der Waals surface area (Å²) in [6.45, 7) is 2.75. The van der Waals surface area contributed by atoms with E-state index in [0.717, 1.165) is 35.6 Å². The number of nitrogens with one attached hydrogen (secondary N) is 1. The number of carbonyl (C=O) groups excluding carboxylic acids is 2. The number of anilines is 1. The van der Waals surface area contributed by atoms with Gasteiger partial charge in [0, 0.05) is 28.2 Å². The van der Waals surface area contributed by atoms with E-state index < -0.39 is 28.5 Å². The lowest BCUT2D eigenvalue weighted by Crippen LogP contribution is -2.52. The minimum absolute atomic E-state index is 0.00841. The van der Waals surface area contributed by atoms with Crippen LogP contribution < -0.4 is 14.4 Å². The number of hydrogen-bond acceptors (Lipinski definition) is 5. The first-order valence-electron chi connectivity index (χ1n) is 13.8. The van der Waals surface area contributed by atoms with Gasteiger partial charge >= 0.3 is 0 Å². The summed E-state index contributed by atoms with van der Waals surface area (Å²) in [5.41, 5.74) is 1.43. The number of rotatable bonds is 11. The minimum Gasteiger partial charge on any atom is -0.495 e. The van der Waals surface area contributed by atoms with Gasteiger partial charge in [-0.25, -0.2) is 8.42 Å². The second-order valence-electron chi connectivity index (χ2n) is 10.4. The van der Waals surface area contributed by atoms with Gasteiger partial charge in [0.2, 0.25) is 11.8 Å². The topological polar surface area (TPSA) is 96.0 Å². The highest BCUT2D eigenvalue weighted by Gasteiger charge is 2.35. The molecular formula is C31H35Cl2N3O5S. The quantitative estimate of drug-likeness (QED) is 0.281. The van der Waals surface area contributed by atoms with Gasteiger partial charge in [-0.05, 0) is 68.7 Å². The zero-order valence-electron chi connectivity index (χ0n) is 23.8. The van der Waals surface area contributed by atoms with Crippen LogP contribution in [0.2, 0.25) is 10.0 Å². The van der Waals surface area contributed by atoms with Gasteiger partial charge in [-0.2, -0.15) is 0 Å². The van der Waals surface area contributed by atoms with Gasteiger partial charge in [-0.1, -0.05) is 66.4 Å². The van der Waals surface area contributed by atoms with Gasteiger partial charge in [0.1, 0.15) is 18.3 Å². The highest BCUT2D eigenvalue weighted by atomic mass is 35.5. The largest absolute Gasteiger partial charge is 0.495 e. The first-order valence-corrected chi connectivity index (χ1v) is 16.0. The van der Waals surface area contributed by atoms with E-state index in [4.69, 9.17) is 27.9 Å². The Labute approximate surface area is 257 Å². The van der Waals surface area contributed by atoms with Crippen LogP contribution >= 0.6 is 23.2 Å². The predicted molar refractivity (Wildman–Crippen MR) is 166 cm³/mol. The van der Waals surface area contributed by atoms with Crippen LogP contribution in [0.1, 0.15) is 43.7 Å². The van der Waals surface area contributed by atoms with Crippen LogP contribution in [0, 0.1) is 6.92 Å². The molecule has 4 rings (SSSR count). The van der Waals surface area contributed by atoms with Gasteiger partial charge in [0.25, 0.3) is 10.0 Å². The van der Waals surface area contributed by atoms with E-state index in [1.165, 1.54) is 24.1 Å². The van der Waals surface area contributed by atoms with Crippen molar-refractivity contribution in [1.29, 1.82) is 0 Å². The van der Waals surface area contributed by atoms with Crippen molar-refractivity contribution < 1.29 is 22.7 Å². The smallest absolute Gasteiger partial charge is 0.264 e. The molecule has 11 heteroatoms. The molecule has 1 atom stereocenters. The van der Waals surface area contributed by atoms with Gasteiger partial charge < -0.3 is 15.0 Å². The van der Waals surface area contributed by atoms with Crippen LogP contribution in [0.5, 0.6) is 5.75 Å². The first kappa shape index (κ1) is 31.7. The number of sulfonamides is 1. The van der Waals surface area contributed by atoms with Crippen molar-refractivity contribution in [3.63, 3.8) is 0 Å². The molecule has 1 aliphatic carbocycles. The third kappa shape index (κ3) is 7.19. The third-order valence-corrected chi connectivity index (χ3v) is 9.95. The maximum atomic E-state index is 14.2. The number of ether oxygens (including phenoxy) is 1. The fraction of sp³-hybridized carbons (Fsp3) is 0.355. The number of methoxy groups -OCH3 is 1. The molecule has 8 nitrogen and oxygen atoms in total. The Morgan fingerprint density at radius 3 is 2.26 bits per heavy atom. The first-order chi connectivity index (χ1) is 20.0. The summed E-state index contributed by atoms with van der Waals surface area (Å²) in [6, 6.07) is 17.1. The van der Waals surface area contributed by atoms with Gasteiger partial charge in [-0.15, -0.1) is 0 Å². The number of carbonyl (C=O) groups is 2. The lowest BCUT2D eigenvalue weighted by molar-refractivity contribution is -0.139. The van der Waals surface area contributed by atoms with Crippen LogP contribution in [0.4, 0.5) is 5.69 Å². The van der Waals surface area contributed by atoms with E-state index in [1.54, 1.807) is 61.5 Å². The molecule has 3 aromatic rings. The monoisotopic (exact) mass is 631 g/mol. The summed E-state index contributed by atoms with van der Waals surface area (Å²) < 4.78 is 34.6. The molecule has 1 fully saturated rings. The molecule has 0 aliphatic heterocycles. The molecule has 3 aromatic carbocycles.